The number of nitrogens with zero attached hydrogens (tertiary/aromatic N) is 3. The van der Waals surface area contributed by atoms with Crippen molar-refractivity contribution in [3.63, 3.8) is 0 Å². The standard InChI is InChI=1S/C18H28N4O4S2/c1-28(25,26)22-7-4-15(5-8-22)17(23)19-6-9-20-10-12-21(13-11-20)18(24)16-3-2-14-27-16/h2-3,14-15H,4-13H2,1H3,(H,19,23). The van der Waals surface area contributed by atoms with Crippen LogP contribution < -0.4 is 5.32 Å². The van der Waals surface area contributed by atoms with Crippen LogP contribution in [0, 0.1) is 5.92 Å². The van der Waals surface area contributed by atoms with Gasteiger partial charge in [-0.15, -0.1) is 11.3 Å². The number of hydrogen-bond acceptors (Lipinski definition) is 6. The molecule has 28 heavy (non-hydrogen) atoms. The summed E-state index contributed by atoms with van der Waals surface area (Å²) in [5.74, 6) is 0.00122. The molecule has 0 spiro atoms. The number of amides is 2. The van der Waals surface area contributed by atoms with Gasteiger partial charge in [0.15, 0.2) is 0 Å². The van der Waals surface area contributed by atoms with Gasteiger partial charge in [-0.2, -0.15) is 0 Å². The highest BCUT2D eigenvalue weighted by atomic mass is 32.2. The summed E-state index contributed by atoms with van der Waals surface area (Å²) in [6.07, 6.45) is 2.35. The number of hydrogen-bond donors (Lipinski definition) is 1. The molecule has 1 N–H and O–H groups in total. The number of sulfonamides is 1. The van der Waals surface area contributed by atoms with Crippen LogP contribution in [0.3, 0.4) is 0 Å². The van der Waals surface area contributed by atoms with E-state index in [1.54, 1.807) is 0 Å². The van der Waals surface area contributed by atoms with Crippen molar-refractivity contribution in [2.24, 2.45) is 5.92 Å². The first kappa shape index (κ1) is 21.2. The molecule has 0 atom stereocenters. The molecular weight excluding hydrogens is 400 g/mol. The van der Waals surface area contributed by atoms with Crippen LogP contribution in [0.25, 0.3) is 0 Å². The van der Waals surface area contributed by atoms with E-state index in [4.69, 9.17) is 0 Å². The SMILES string of the molecule is CS(=O)(=O)N1CCC(C(=O)NCCN2CCN(C(=O)c3cccs3)CC2)CC1. The number of carbonyl (C=O) groups is 2. The van der Waals surface area contributed by atoms with Gasteiger partial charge in [0.05, 0.1) is 11.1 Å². The molecule has 0 aliphatic carbocycles. The van der Waals surface area contributed by atoms with Crippen molar-refractivity contribution in [3.05, 3.63) is 22.4 Å². The van der Waals surface area contributed by atoms with Crippen LogP contribution >= 0.6 is 11.3 Å². The van der Waals surface area contributed by atoms with E-state index >= 15 is 0 Å². The smallest absolute Gasteiger partial charge is 0.264 e. The summed E-state index contributed by atoms with van der Waals surface area (Å²) in [4.78, 5) is 29.6. The molecule has 2 amide bonds. The largest absolute Gasteiger partial charge is 0.355 e. The van der Waals surface area contributed by atoms with Crippen molar-refractivity contribution in [2.45, 2.75) is 12.8 Å². The zero-order chi connectivity index (χ0) is 20.1. The maximum absolute atomic E-state index is 12.4. The minimum Gasteiger partial charge on any atom is -0.355 e. The Balaban J connectivity index is 1.33. The fourth-order valence-corrected chi connectivity index (χ4v) is 5.23. The quantitative estimate of drug-likeness (QED) is 0.704. The van der Waals surface area contributed by atoms with Crippen LogP contribution in [0.2, 0.25) is 0 Å². The lowest BCUT2D eigenvalue weighted by molar-refractivity contribution is -0.126. The minimum absolute atomic E-state index is 0.0136. The summed E-state index contributed by atoms with van der Waals surface area (Å²) in [7, 11) is -3.16. The van der Waals surface area contributed by atoms with E-state index in [1.165, 1.54) is 21.9 Å². The highest BCUT2D eigenvalue weighted by Gasteiger charge is 2.29. The number of thiophene rings is 1. The van der Waals surface area contributed by atoms with Crippen molar-refractivity contribution < 1.29 is 18.0 Å². The fourth-order valence-electron chi connectivity index (χ4n) is 3.66. The lowest BCUT2D eigenvalue weighted by atomic mass is 9.97. The maximum atomic E-state index is 12.4. The van der Waals surface area contributed by atoms with Gasteiger partial charge in [-0.25, -0.2) is 12.7 Å². The minimum atomic E-state index is -3.16. The van der Waals surface area contributed by atoms with E-state index in [1.807, 2.05) is 22.4 Å². The molecule has 2 aliphatic heterocycles. The Morgan fingerprint density at radius 1 is 1.14 bits per heavy atom. The Kier molecular flexibility index (Phi) is 7.08. The van der Waals surface area contributed by atoms with E-state index in [0.29, 0.717) is 45.6 Å². The third-order valence-electron chi connectivity index (χ3n) is 5.41. The van der Waals surface area contributed by atoms with Gasteiger partial charge in [-0.3, -0.25) is 14.5 Å². The number of carbonyl (C=O) groups excluding carboxylic acids is 2. The van der Waals surface area contributed by atoms with Gasteiger partial charge in [0.2, 0.25) is 15.9 Å². The van der Waals surface area contributed by atoms with Crippen LogP contribution in [-0.2, 0) is 14.8 Å². The third-order valence-corrected chi connectivity index (χ3v) is 7.57. The second-order valence-electron chi connectivity index (χ2n) is 7.34. The lowest BCUT2D eigenvalue weighted by Gasteiger charge is -2.34. The Bertz CT molecular complexity index is 766. The Morgan fingerprint density at radius 3 is 2.39 bits per heavy atom. The fraction of sp³-hybridized carbons (Fsp3) is 0.667. The van der Waals surface area contributed by atoms with Crippen LogP contribution in [0.15, 0.2) is 17.5 Å². The second-order valence-corrected chi connectivity index (χ2v) is 10.3. The van der Waals surface area contributed by atoms with Crippen LogP contribution in [0.4, 0.5) is 0 Å². The molecule has 156 valence electrons. The summed E-state index contributed by atoms with van der Waals surface area (Å²) >= 11 is 1.47. The second kappa shape index (κ2) is 9.34. The summed E-state index contributed by atoms with van der Waals surface area (Å²) in [5.41, 5.74) is 0. The highest BCUT2D eigenvalue weighted by molar-refractivity contribution is 7.88. The highest BCUT2D eigenvalue weighted by Crippen LogP contribution is 2.19. The number of rotatable bonds is 6. The average Bonchev–Trinajstić information content (AvgIpc) is 3.22. The molecule has 0 radical (unpaired) electrons. The first-order valence-corrected chi connectivity index (χ1v) is 12.4. The van der Waals surface area contributed by atoms with Gasteiger partial charge in [0, 0.05) is 58.3 Å². The van der Waals surface area contributed by atoms with E-state index in [0.717, 1.165) is 24.5 Å². The van der Waals surface area contributed by atoms with Gasteiger partial charge in [-0.1, -0.05) is 6.07 Å². The summed E-state index contributed by atoms with van der Waals surface area (Å²) in [5, 5.41) is 4.90. The third kappa shape index (κ3) is 5.53. The van der Waals surface area contributed by atoms with E-state index < -0.39 is 10.0 Å². The summed E-state index contributed by atoms with van der Waals surface area (Å²) < 4.78 is 24.5. The van der Waals surface area contributed by atoms with Crippen molar-refractivity contribution in [2.75, 3.05) is 58.6 Å². The van der Waals surface area contributed by atoms with Crippen LogP contribution in [-0.4, -0.2) is 93.0 Å². The van der Waals surface area contributed by atoms with Crippen molar-refractivity contribution in [1.82, 2.24) is 19.4 Å². The van der Waals surface area contributed by atoms with Crippen molar-refractivity contribution >= 4 is 33.2 Å². The van der Waals surface area contributed by atoms with Crippen molar-refractivity contribution in [1.29, 1.82) is 0 Å². The molecule has 8 nitrogen and oxygen atoms in total. The van der Waals surface area contributed by atoms with Gasteiger partial charge in [0.1, 0.15) is 0 Å². The molecule has 0 unspecified atom stereocenters. The maximum Gasteiger partial charge on any atom is 0.264 e. The summed E-state index contributed by atoms with van der Waals surface area (Å²) in [6.45, 7) is 5.18. The molecule has 10 heteroatoms. The first-order chi connectivity index (χ1) is 13.3. The molecule has 0 saturated carbocycles. The van der Waals surface area contributed by atoms with Gasteiger partial charge in [0.25, 0.3) is 5.91 Å². The molecule has 2 aliphatic rings. The molecule has 1 aromatic heterocycles. The molecular formula is C18H28N4O4S2. The monoisotopic (exact) mass is 428 g/mol. The van der Waals surface area contributed by atoms with E-state index in [9.17, 15) is 18.0 Å². The predicted molar refractivity (Wildman–Crippen MR) is 109 cm³/mol. The van der Waals surface area contributed by atoms with Gasteiger partial charge >= 0.3 is 0 Å². The molecule has 0 aromatic carbocycles. The zero-order valence-electron chi connectivity index (χ0n) is 16.2. The first-order valence-electron chi connectivity index (χ1n) is 9.62. The molecule has 2 saturated heterocycles. The molecule has 2 fully saturated rings. The van der Waals surface area contributed by atoms with Crippen LogP contribution in [0.5, 0.6) is 0 Å². The van der Waals surface area contributed by atoms with Crippen LogP contribution in [0.1, 0.15) is 22.5 Å². The Hall–Kier alpha value is -1.49. The van der Waals surface area contributed by atoms with E-state index in [2.05, 4.69) is 10.2 Å². The normalized spacial score (nSPS) is 20.2. The van der Waals surface area contributed by atoms with Gasteiger partial charge in [-0.05, 0) is 24.3 Å². The van der Waals surface area contributed by atoms with E-state index in [-0.39, 0.29) is 17.7 Å². The molecule has 3 heterocycles. The lowest BCUT2D eigenvalue weighted by Crippen LogP contribution is -2.50. The van der Waals surface area contributed by atoms with Crippen molar-refractivity contribution in [3.8, 4) is 0 Å². The zero-order valence-corrected chi connectivity index (χ0v) is 17.8. The number of piperidine rings is 1. The number of nitrogens with one attached hydrogen (secondary N) is 1. The predicted octanol–water partition coefficient (Wildman–Crippen LogP) is 0.294. The summed E-state index contributed by atoms with van der Waals surface area (Å²) in [6, 6.07) is 3.75. The van der Waals surface area contributed by atoms with Gasteiger partial charge < -0.3 is 10.2 Å². The topological polar surface area (TPSA) is 90.0 Å². The molecule has 1 aromatic rings. The Morgan fingerprint density at radius 2 is 1.82 bits per heavy atom. The number of piperazine rings is 1. The Labute approximate surface area is 170 Å². The molecule has 0 bridgehead atoms. The average molecular weight is 429 g/mol. The molecule has 3 rings (SSSR count).